The van der Waals surface area contributed by atoms with E-state index < -0.39 is 21.7 Å². The smallest absolute Gasteiger partial charge is 0.251 e. The van der Waals surface area contributed by atoms with Crippen LogP contribution in [0.5, 0.6) is 0 Å². The first-order valence-electron chi connectivity index (χ1n) is 8.11. The van der Waals surface area contributed by atoms with E-state index in [4.69, 9.17) is 0 Å². The second-order valence-corrected chi connectivity index (χ2v) is 8.02. The van der Waals surface area contributed by atoms with Gasteiger partial charge in [0.15, 0.2) is 11.6 Å². The molecule has 1 fully saturated rings. The zero-order chi connectivity index (χ0) is 18.9. The summed E-state index contributed by atoms with van der Waals surface area (Å²) in [6, 6.07) is 9.01. The summed E-state index contributed by atoms with van der Waals surface area (Å²) in [4.78, 5) is 11.3. The lowest BCUT2D eigenvalue weighted by molar-refractivity contribution is 0.0963. The molecular weight excluding hydrogens is 362 g/mol. The standard InChI is InChI=1S/C18H18F2N2O3S/c1-21-18(23)13-4-2-12(3-5-13)11-22(14-6-7-14)26(24,25)15-8-9-16(19)17(20)10-15/h2-5,8-10,14H,6-7,11H2,1H3,(H,21,23). The van der Waals surface area contributed by atoms with Crippen LogP contribution in [0.3, 0.4) is 0 Å². The van der Waals surface area contributed by atoms with Crippen molar-refractivity contribution in [2.24, 2.45) is 0 Å². The first-order chi connectivity index (χ1) is 12.3. The maximum Gasteiger partial charge on any atom is 0.251 e. The lowest BCUT2D eigenvalue weighted by Gasteiger charge is -2.22. The Labute approximate surface area is 150 Å². The average molecular weight is 380 g/mol. The highest BCUT2D eigenvalue weighted by atomic mass is 32.2. The third-order valence-electron chi connectivity index (χ3n) is 4.23. The zero-order valence-electron chi connectivity index (χ0n) is 14.1. The van der Waals surface area contributed by atoms with Gasteiger partial charge in [0.25, 0.3) is 5.91 Å². The third kappa shape index (κ3) is 3.76. The fraction of sp³-hybridized carbons (Fsp3) is 0.278. The Morgan fingerprint density at radius 3 is 2.31 bits per heavy atom. The molecule has 1 saturated carbocycles. The van der Waals surface area contributed by atoms with Crippen molar-refractivity contribution in [3.8, 4) is 0 Å². The Morgan fingerprint density at radius 1 is 1.12 bits per heavy atom. The zero-order valence-corrected chi connectivity index (χ0v) is 14.9. The molecule has 0 atom stereocenters. The summed E-state index contributed by atoms with van der Waals surface area (Å²) >= 11 is 0. The van der Waals surface area contributed by atoms with Gasteiger partial charge in [0, 0.05) is 25.2 Å². The average Bonchev–Trinajstić information content (AvgIpc) is 3.46. The highest BCUT2D eigenvalue weighted by molar-refractivity contribution is 7.89. The van der Waals surface area contributed by atoms with Gasteiger partial charge in [-0.1, -0.05) is 12.1 Å². The van der Waals surface area contributed by atoms with E-state index in [0.717, 1.165) is 25.0 Å². The monoisotopic (exact) mass is 380 g/mol. The molecule has 0 aliphatic heterocycles. The van der Waals surface area contributed by atoms with Crippen LogP contribution in [-0.4, -0.2) is 31.7 Å². The van der Waals surface area contributed by atoms with Crippen LogP contribution in [0.25, 0.3) is 0 Å². The summed E-state index contributed by atoms with van der Waals surface area (Å²) in [6.45, 7) is 0.0972. The van der Waals surface area contributed by atoms with Gasteiger partial charge in [-0.2, -0.15) is 4.31 Å². The van der Waals surface area contributed by atoms with Crippen molar-refractivity contribution in [3.05, 3.63) is 65.2 Å². The number of nitrogens with zero attached hydrogens (tertiary/aromatic N) is 1. The molecule has 3 rings (SSSR count). The molecule has 2 aromatic rings. The summed E-state index contributed by atoms with van der Waals surface area (Å²) < 4.78 is 53.6. The Balaban J connectivity index is 1.87. The number of carbonyl (C=O) groups excluding carboxylic acids is 1. The van der Waals surface area contributed by atoms with Crippen LogP contribution in [-0.2, 0) is 16.6 Å². The number of carbonyl (C=O) groups is 1. The fourth-order valence-corrected chi connectivity index (χ4v) is 4.32. The van der Waals surface area contributed by atoms with Gasteiger partial charge in [-0.3, -0.25) is 4.79 Å². The Bertz CT molecular complexity index is 926. The molecule has 0 aromatic heterocycles. The van der Waals surface area contributed by atoms with Crippen molar-refractivity contribution in [1.82, 2.24) is 9.62 Å². The van der Waals surface area contributed by atoms with Crippen molar-refractivity contribution in [2.45, 2.75) is 30.3 Å². The van der Waals surface area contributed by atoms with Crippen LogP contribution in [0.4, 0.5) is 8.78 Å². The Kier molecular flexibility index (Phi) is 5.06. The topological polar surface area (TPSA) is 66.5 Å². The molecule has 0 radical (unpaired) electrons. The molecule has 8 heteroatoms. The van der Waals surface area contributed by atoms with E-state index >= 15 is 0 Å². The molecule has 2 aromatic carbocycles. The lowest BCUT2D eigenvalue weighted by Crippen LogP contribution is -2.32. The number of nitrogens with one attached hydrogen (secondary N) is 1. The molecule has 0 bridgehead atoms. The van der Waals surface area contributed by atoms with Crippen molar-refractivity contribution in [1.29, 1.82) is 0 Å². The third-order valence-corrected chi connectivity index (χ3v) is 6.13. The van der Waals surface area contributed by atoms with Crippen LogP contribution >= 0.6 is 0 Å². The van der Waals surface area contributed by atoms with Crippen LogP contribution in [0.15, 0.2) is 47.4 Å². The number of benzene rings is 2. The Morgan fingerprint density at radius 2 is 1.77 bits per heavy atom. The van der Waals surface area contributed by atoms with E-state index in [-0.39, 0.29) is 23.4 Å². The maximum absolute atomic E-state index is 13.5. The van der Waals surface area contributed by atoms with E-state index in [9.17, 15) is 22.0 Å². The normalized spacial score (nSPS) is 14.5. The van der Waals surface area contributed by atoms with E-state index in [1.54, 1.807) is 24.3 Å². The number of hydrogen-bond donors (Lipinski definition) is 1. The second kappa shape index (κ2) is 7.13. The molecule has 138 valence electrons. The van der Waals surface area contributed by atoms with Gasteiger partial charge in [-0.05, 0) is 48.7 Å². The molecule has 5 nitrogen and oxygen atoms in total. The van der Waals surface area contributed by atoms with Gasteiger partial charge in [0.1, 0.15) is 0 Å². The lowest BCUT2D eigenvalue weighted by atomic mass is 10.1. The van der Waals surface area contributed by atoms with Crippen LogP contribution in [0.1, 0.15) is 28.8 Å². The van der Waals surface area contributed by atoms with E-state index in [2.05, 4.69) is 5.32 Å². The highest BCUT2D eigenvalue weighted by Gasteiger charge is 2.38. The number of sulfonamides is 1. The minimum atomic E-state index is -3.96. The summed E-state index contributed by atoms with van der Waals surface area (Å²) in [5, 5.41) is 2.51. The Hall–Kier alpha value is -2.32. The number of amides is 1. The predicted octanol–water partition coefficient (Wildman–Crippen LogP) is 2.68. The minimum Gasteiger partial charge on any atom is -0.355 e. The molecule has 1 aliphatic carbocycles. The number of rotatable bonds is 6. The summed E-state index contributed by atoms with van der Waals surface area (Å²) in [7, 11) is -2.43. The van der Waals surface area contributed by atoms with Gasteiger partial charge in [-0.25, -0.2) is 17.2 Å². The fourth-order valence-electron chi connectivity index (χ4n) is 2.63. The van der Waals surface area contributed by atoms with Crippen LogP contribution in [0, 0.1) is 11.6 Å². The van der Waals surface area contributed by atoms with Crippen molar-refractivity contribution < 1.29 is 22.0 Å². The van der Waals surface area contributed by atoms with E-state index in [1.165, 1.54) is 11.4 Å². The molecule has 1 amide bonds. The second-order valence-electron chi connectivity index (χ2n) is 6.13. The van der Waals surface area contributed by atoms with Gasteiger partial charge >= 0.3 is 0 Å². The minimum absolute atomic E-state index is 0.0972. The quantitative estimate of drug-likeness (QED) is 0.838. The SMILES string of the molecule is CNC(=O)c1ccc(CN(C2CC2)S(=O)(=O)c2ccc(F)c(F)c2)cc1. The predicted molar refractivity (Wildman–Crippen MR) is 91.9 cm³/mol. The van der Waals surface area contributed by atoms with E-state index in [1.807, 2.05) is 0 Å². The first kappa shape index (κ1) is 18.5. The molecular formula is C18H18F2N2O3S. The number of hydrogen-bond acceptors (Lipinski definition) is 3. The first-order valence-corrected chi connectivity index (χ1v) is 9.55. The molecule has 1 aliphatic rings. The largest absolute Gasteiger partial charge is 0.355 e. The van der Waals surface area contributed by atoms with Gasteiger partial charge in [-0.15, -0.1) is 0 Å². The summed E-state index contributed by atoms with van der Waals surface area (Å²) in [6.07, 6.45) is 1.44. The van der Waals surface area contributed by atoms with Gasteiger partial charge in [0.2, 0.25) is 10.0 Å². The highest BCUT2D eigenvalue weighted by Crippen LogP contribution is 2.33. The van der Waals surface area contributed by atoms with Crippen LogP contribution < -0.4 is 5.32 Å². The summed E-state index contributed by atoms with van der Waals surface area (Å²) in [5.74, 6) is -2.52. The molecule has 0 saturated heterocycles. The molecule has 1 N–H and O–H groups in total. The van der Waals surface area contributed by atoms with Crippen molar-refractivity contribution in [3.63, 3.8) is 0 Å². The van der Waals surface area contributed by atoms with Gasteiger partial charge < -0.3 is 5.32 Å². The van der Waals surface area contributed by atoms with Crippen LogP contribution in [0.2, 0.25) is 0 Å². The van der Waals surface area contributed by atoms with Gasteiger partial charge in [0.05, 0.1) is 4.90 Å². The van der Waals surface area contributed by atoms with Crippen molar-refractivity contribution >= 4 is 15.9 Å². The van der Waals surface area contributed by atoms with Crippen molar-refractivity contribution in [2.75, 3.05) is 7.05 Å². The summed E-state index contributed by atoms with van der Waals surface area (Å²) in [5.41, 5.74) is 1.17. The molecule has 0 spiro atoms. The van der Waals surface area contributed by atoms with E-state index in [0.29, 0.717) is 17.2 Å². The molecule has 0 heterocycles. The maximum atomic E-state index is 13.5. The number of halogens is 2. The molecule has 0 unspecified atom stereocenters. The molecule has 26 heavy (non-hydrogen) atoms.